The van der Waals surface area contributed by atoms with E-state index in [0.717, 1.165) is 59.7 Å². The third-order valence-electron chi connectivity index (χ3n) is 17.2. The number of nitrogens with one attached hydrogen (secondary N) is 1. The molecule has 0 aliphatic carbocycles. The number of carbonyl (C=O) groups excluding carboxylic acids is 3. The van der Waals surface area contributed by atoms with E-state index >= 15 is 4.79 Å². The summed E-state index contributed by atoms with van der Waals surface area (Å²) in [5.41, 5.74) is 2.45. The molecule has 4 aromatic rings. The lowest BCUT2D eigenvalue weighted by atomic mass is 9.73. The number of phenols is 1. The summed E-state index contributed by atoms with van der Waals surface area (Å²) >= 11 is 4.06. The number of nitrogens with zero attached hydrogens (tertiary/aromatic N) is 3. The van der Waals surface area contributed by atoms with Gasteiger partial charge in [0.05, 0.1) is 61.4 Å². The third-order valence-corrected chi connectivity index (χ3v) is 20.4. The van der Waals surface area contributed by atoms with Crippen molar-refractivity contribution in [2.45, 2.75) is 129 Å². The fraction of sp³-hybridized carbons (Fsp3) is 0.561. The summed E-state index contributed by atoms with van der Waals surface area (Å²) in [5.74, 6) is -5.73. The van der Waals surface area contributed by atoms with Crippen LogP contribution >= 0.6 is 23.5 Å². The number of ketones is 1. The van der Waals surface area contributed by atoms with E-state index in [2.05, 4.69) is 42.1 Å². The molecule has 3 N–H and O–H groups in total. The molecule has 74 heavy (non-hydrogen) atoms. The summed E-state index contributed by atoms with van der Waals surface area (Å²) < 4.78 is 32.6. The van der Waals surface area contributed by atoms with Gasteiger partial charge < -0.3 is 48.3 Å². The number of rotatable bonds is 2. The van der Waals surface area contributed by atoms with Crippen LogP contribution in [0, 0.1) is 36.5 Å². The number of aliphatic hydroxyl groups is 1. The molecule has 398 valence electrons. The number of aromatic nitrogens is 1. The fourth-order valence-electron chi connectivity index (χ4n) is 12.2. The number of phenolic OH excluding ortho intramolecular Hbond substituents is 1. The number of quaternary nitrogens is 1. The van der Waals surface area contributed by atoms with Crippen molar-refractivity contribution in [2.75, 3.05) is 56.1 Å². The molecule has 6 aliphatic heterocycles. The van der Waals surface area contributed by atoms with Crippen molar-refractivity contribution >= 4 is 85.5 Å². The summed E-state index contributed by atoms with van der Waals surface area (Å²) in [5, 5.41) is 28.8. The first-order chi connectivity index (χ1) is 35.0. The lowest BCUT2D eigenvalue weighted by Gasteiger charge is -2.44. The normalized spacial score (nSPS) is 32.3. The minimum Gasteiger partial charge on any atom is -0.505 e. The molecule has 7 heterocycles. The number of allylic oxidation sites excluding steroid dienone is 2. The van der Waals surface area contributed by atoms with Gasteiger partial charge in [-0.25, -0.2) is 4.98 Å². The van der Waals surface area contributed by atoms with Crippen molar-refractivity contribution in [1.82, 2.24) is 4.98 Å². The zero-order valence-electron chi connectivity index (χ0n) is 44.8. The smallest absolute Gasteiger partial charge is 0.312 e. The summed E-state index contributed by atoms with van der Waals surface area (Å²) in [4.78, 5) is 64.7. The van der Waals surface area contributed by atoms with Gasteiger partial charge in [0, 0.05) is 97.3 Å². The van der Waals surface area contributed by atoms with Gasteiger partial charge >= 0.3 is 11.8 Å². The van der Waals surface area contributed by atoms with Crippen LogP contribution in [0.5, 0.6) is 11.5 Å². The molecule has 3 aromatic carbocycles. The van der Waals surface area contributed by atoms with Crippen LogP contribution in [-0.4, -0.2) is 124 Å². The van der Waals surface area contributed by atoms with Crippen molar-refractivity contribution < 1.29 is 52.4 Å². The van der Waals surface area contributed by atoms with Crippen molar-refractivity contribution in [3.63, 3.8) is 0 Å². The van der Waals surface area contributed by atoms with Gasteiger partial charge in [-0.05, 0) is 62.1 Å². The molecule has 15 nitrogen and oxygen atoms in total. The molecule has 0 saturated carbocycles. The van der Waals surface area contributed by atoms with Crippen LogP contribution in [-0.2, 0) is 30.2 Å². The number of anilines is 2. The van der Waals surface area contributed by atoms with Gasteiger partial charge in [0.25, 0.3) is 11.7 Å². The fourth-order valence-corrected chi connectivity index (χ4v) is 15.8. The predicted octanol–water partition coefficient (Wildman–Crippen LogP) is 9.44. The van der Waals surface area contributed by atoms with E-state index in [4.69, 9.17) is 28.3 Å². The molecule has 0 spiro atoms. The van der Waals surface area contributed by atoms with Gasteiger partial charge in [-0.2, -0.15) is 0 Å². The highest BCUT2D eigenvalue weighted by molar-refractivity contribution is 8.19. The van der Waals surface area contributed by atoms with E-state index in [-0.39, 0.29) is 73.7 Å². The number of fused-ring (bicyclic) bond motifs is 6. The highest BCUT2D eigenvalue weighted by Gasteiger charge is 2.50. The van der Waals surface area contributed by atoms with E-state index in [1.165, 1.54) is 34.1 Å². The largest absolute Gasteiger partial charge is 0.505 e. The van der Waals surface area contributed by atoms with E-state index in [1.807, 2.05) is 58.5 Å². The van der Waals surface area contributed by atoms with Gasteiger partial charge in [0.15, 0.2) is 22.3 Å². The van der Waals surface area contributed by atoms with Gasteiger partial charge in [0.1, 0.15) is 28.6 Å². The Morgan fingerprint density at radius 1 is 0.946 bits per heavy atom. The van der Waals surface area contributed by atoms with Crippen LogP contribution in [0.25, 0.3) is 33.0 Å². The predicted molar refractivity (Wildman–Crippen MR) is 293 cm³/mol. The van der Waals surface area contributed by atoms with Crippen LogP contribution in [0.15, 0.2) is 57.5 Å². The Morgan fingerprint density at radius 2 is 1.66 bits per heavy atom. The summed E-state index contributed by atoms with van der Waals surface area (Å²) in [7, 11) is 6.30. The number of benzene rings is 3. The summed E-state index contributed by atoms with van der Waals surface area (Å²) in [6.07, 6.45) is 9.63. The number of hydrogen-bond acceptors (Lipinski definition) is 15. The average Bonchev–Trinajstić information content (AvgIpc) is 3.92. The Balaban J connectivity index is 1.25. The summed E-state index contributed by atoms with van der Waals surface area (Å²) in [6.45, 7) is 18.6. The molecular formula is C57H73N4O11S2+. The maximum absolute atomic E-state index is 15.2. The van der Waals surface area contributed by atoms with Crippen LogP contribution in [0.2, 0.25) is 0 Å². The number of esters is 1. The van der Waals surface area contributed by atoms with E-state index in [1.54, 1.807) is 25.2 Å². The quantitative estimate of drug-likeness (QED) is 0.0566. The van der Waals surface area contributed by atoms with E-state index in [9.17, 15) is 24.6 Å². The van der Waals surface area contributed by atoms with Crippen LogP contribution in [0.4, 0.5) is 11.4 Å². The monoisotopic (exact) mass is 1050 g/mol. The molecule has 17 heteroatoms. The Hall–Kier alpha value is -5.07. The molecule has 10 rings (SSSR count). The first-order valence-electron chi connectivity index (χ1n) is 26.1. The van der Waals surface area contributed by atoms with Crippen LogP contribution in [0.1, 0.15) is 96.1 Å². The molecule has 1 aromatic heterocycles. The molecule has 2 fully saturated rings. The van der Waals surface area contributed by atoms with Crippen molar-refractivity contribution in [1.29, 1.82) is 0 Å². The lowest BCUT2D eigenvalue weighted by Crippen LogP contribution is -2.56. The highest BCUT2D eigenvalue weighted by Crippen LogP contribution is 2.50. The second-order valence-corrected chi connectivity index (χ2v) is 25.1. The maximum Gasteiger partial charge on any atom is 0.312 e. The molecule has 0 radical (unpaired) electrons. The van der Waals surface area contributed by atoms with Crippen molar-refractivity contribution in [3.05, 3.63) is 75.2 Å². The second kappa shape index (κ2) is 20.8. The molecule has 8 bridgehead atoms. The number of piperidine rings is 1. The van der Waals surface area contributed by atoms with Crippen molar-refractivity contribution in [2.24, 2.45) is 29.6 Å². The number of methoxy groups -OCH3 is 1. The first-order valence-corrected chi connectivity index (χ1v) is 28.2. The third kappa shape index (κ3) is 9.73. The van der Waals surface area contributed by atoms with Gasteiger partial charge in [-0.3, -0.25) is 19.2 Å². The standard InChI is InChI=1S/C57H72N4O11S2/c1-28-14-13-15-29(2)56(67)59-48-51(65)44-43(47-54(48)71-40-25-37-24-36(46(40)58-47)16-17-41-42(74-27-73-41)26-61(10,11)38-18-21-60(37)22-19-38)45-53(34(7)50(44)64)72-57(9,55(45)66)69-23-20-39(68-12)33(6)52(70-35(8)62)32(5)30(3)31(4)49(28)63/h13-15,20,23-25,28,30-33,38-39,41-42,49,52,63H,16-19,21-22,26-27H2,1-12H3,(H-,58,59,64,65,66,67)/p+1/b14-13?,23-20+,29-15-. The number of aromatic hydroxyl groups is 1. The molecule has 2 saturated heterocycles. The Kier molecular flexibility index (Phi) is 15.1. The maximum atomic E-state index is 15.2. The Morgan fingerprint density at radius 3 is 2.36 bits per heavy atom. The van der Waals surface area contributed by atoms with Gasteiger partial charge in [0.2, 0.25) is 0 Å². The average molecular weight is 1050 g/mol. The number of ether oxygens (including phenoxy) is 4. The van der Waals surface area contributed by atoms with Crippen LogP contribution in [0.3, 0.4) is 0 Å². The minimum atomic E-state index is -2.00. The molecule has 1 amide bonds. The number of Topliss-reactive ketones (excluding diaryl/α,β-unsaturated/α-hetero) is 1. The number of hydrogen-bond donors (Lipinski definition) is 3. The summed E-state index contributed by atoms with van der Waals surface area (Å²) in [6, 6.07) is 4.71. The number of amides is 1. The molecular weight excluding hydrogens is 981 g/mol. The van der Waals surface area contributed by atoms with Crippen LogP contribution < -0.4 is 20.4 Å². The first kappa shape index (κ1) is 53.7. The second-order valence-electron chi connectivity index (χ2n) is 22.3. The topological polar surface area (TPSA) is 187 Å². The molecule has 11 unspecified atom stereocenters. The number of thioether (sulfide) groups is 2. The number of carbonyl (C=O) groups is 3. The SMILES string of the molecule is COC1/C=C/OC2(C)Oc3c(C)c(=O)c4c(O)c(c5oc6cc7cc(c6nc5c4c3C2=O)CCC2SCSC2C[N+](C)(C)C2CCN7CC2)NC(=O)/C(C)=C\C=CC(C)C(O)C(C)C(C)C(C)C(OC(C)=O)C1C. The molecule has 11 atom stereocenters. The zero-order chi connectivity index (χ0) is 53.3. The molecule has 6 aliphatic rings. The van der Waals surface area contributed by atoms with Gasteiger partial charge in [-0.15, -0.1) is 23.5 Å². The lowest BCUT2D eigenvalue weighted by molar-refractivity contribution is -0.915. The highest BCUT2D eigenvalue weighted by atomic mass is 32.2. The number of aryl methyl sites for hydroxylation is 1. The number of aliphatic hydroxyl groups excluding tert-OH is 1. The van der Waals surface area contributed by atoms with E-state index in [0.29, 0.717) is 34.1 Å². The van der Waals surface area contributed by atoms with Gasteiger partial charge in [-0.1, -0.05) is 52.8 Å². The van der Waals surface area contributed by atoms with E-state index < -0.39 is 58.9 Å². The Bertz CT molecular complexity index is 3050. The zero-order valence-corrected chi connectivity index (χ0v) is 46.4. The Labute approximate surface area is 442 Å². The van der Waals surface area contributed by atoms with Crippen molar-refractivity contribution in [3.8, 4) is 11.5 Å². The minimum absolute atomic E-state index is 0.0148.